The van der Waals surface area contributed by atoms with E-state index in [4.69, 9.17) is 16.3 Å². The summed E-state index contributed by atoms with van der Waals surface area (Å²) in [6, 6.07) is 1.60. The molecule has 0 aliphatic carbocycles. The molecule has 1 aromatic rings. The number of halogens is 1. The Balaban J connectivity index is 3.10. The third-order valence-electron chi connectivity index (χ3n) is 1.67. The van der Waals surface area contributed by atoms with Crippen LogP contribution < -0.4 is 4.74 Å². The first-order chi connectivity index (χ1) is 5.95. The lowest BCUT2D eigenvalue weighted by atomic mass is 10.1. The van der Waals surface area contributed by atoms with Gasteiger partial charge in [-0.1, -0.05) is 11.6 Å². The molecule has 1 aromatic heterocycles. The molecule has 1 N–H and O–H groups in total. The SMILES string of the molecule is COc1cnc(C(C)(C)O)cc1Cl. The molecule has 0 aromatic carbocycles. The predicted octanol–water partition coefficient (Wildman–Crippen LogP) is 1.97. The van der Waals surface area contributed by atoms with E-state index >= 15 is 0 Å². The normalized spacial score (nSPS) is 11.5. The number of aliphatic hydroxyl groups is 1. The van der Waals surface area contributed by atoms with Crippen molar-refractivity contribution in [2.75, 3.05) is 7.11 Å². The van der Waals surface area contributed by atoms with Crippen molar-refractivity contribution in [2.24, 2.45) is 0 Å². The van der Waals surface area contributed by atoms with Crippen molar-refractivity contribution >= 4 is 11.6 Å². The van der Waals surface area contributed by atoms with E-state index in [-0.39, 0.29) is 0 Å². The van der Waals surface area contributed by atoms with Crippen LogP contribution in [-0.4, -0.2) is 17.2 Å². The molecule has 0 fully saturated rings. The quantitative estimate of drug-likeness (QED) is 0.796. The van der Waals surface area contributed by atoms with Crippen LogP contribution in [0.15, 0.2) is 12.3 Å². The molecule has 0 amide bonds. The molecule has 0 atom stereocenters. The topological polar surface area (TPSA) is 42.4 Å². The minimum atomic E-state index is -0.976. The van der Waals surface area contributed by atoms with Gasteiger partial charge >= 0.3 is 0 Å². The van der Waals surface area contributed by atoms with Crippen LogP contribution in [0.25, 0.3) is 0 Å². The van der Waals surface area contributed by atoms with Gasteiger partial charge in [-0.05, 0) is 19.9 Å². The first kappa shape index (κ1) is 10.3. The first-order valence-electron chi connectivity index (χ1n) is 3.87. The van der Waals surface area contributed by atoms with Crippen molar-refractivity contribution in [3.05, 3.63) is 23.0 Å². The summed E-state index contributed by atoms with van der Waals surface area (Å²) in [5.74, 6) is 0.509. The molecule has 3 nitrogen and oxygen atoms in total. The summed E-state index contributed by atoms with van der Waals surface area (Å²) in [6.45, 7) is 3.30. The lowest BCUT2D eigenvalue weighted by Gasteiger charge is -2.16. The lowest BCUT2D eigenvalue weighted by Crippen LogP contribution is -2.17. The standard InChI is InChI=1S/C9H12ClNO2/c1-9(2,12)8-4-6(10)7(13-3)5-11-8/h4-5,12H,1-3H3. The lowest BCUT2D eigenvalue weighted by molar-refractivity contribution is 0.0738. The van der Waals surface area contributed by atoms with Crippen molar-refractivity contribution in [1.82, 2.24) is 4.98 Å². The molecule has 72 valence electrons. The van der Waals surface area contributed by atoms with Crippen molar-refractivity contribution < 1.29 is 9.84 Å². The average Bonchev–Trinajstić information content (AvgIpc) is 2.02. The number of aromatic nitrogens is 1. The molecule has 0 spiro atoms. The summed E-state index contributed by atoms with van der Waals surface area (Å²) < 4.78 is 4.94. The molecule has 1 rings (SSSR count). The third-order valence-corrected chi connectivity index (χ3v) is 1.96. The van der Waals surface area contributed by atoms with Gasteiger partial charge in [-0.25, -0.2) is 0 Å². The number of hydrogen-bond donors (Lipinski definition) is 1. The molecule has 0 aliphatic heterocycles. The van der Waals surface area contributed by atoms with E-state index in [2.05, 4.69) is 4.98 Å². The average molecular weight is 202 g/mol. The van der Waals surface area contributed by atoms with Gasteiger partial charge in [0.2, 0.25) is 0 Å². The Morgan fingerprint density at radius 3 is 2.54 bits per heavy atom. The number of pyridine rings is 1. The third kappa shape index (κ3) is 2.32. The first-order valence-corrected chi connectivity index (χ1v) is 4.25. The highest BCUT2D eigenvalue weighted by molar-refractivity contribution is 6.32. The van der Waals surface area contributed by atoms with Crippen LogP contribution in [0.5, 0.6) is 5.75 Å². The van der Waals surface area contributed by atoms with E-state index in [1.54, 1.807) is 19.9 Å². The Bertz CT molecular complexity index is 307. The second-order valence-electron chi connectivity index (χ2n) is 3.26. The van der Waals surface area contributed by atoms with E-state index in [0.717, 1.165) is 0 Å². The summed E-state index contributed by atoms with van der Waals surface area (Å²) in [5.41, 5.74) is -0.450. The Hall–Kier alpha value is -0.800. The van der Waals surface area contributed by atoms with Crippen LogP contribution in [0.2, 0.25) is 5.02 Å². The summed E-state index contributed by atoms with van der Waals surface area (Å²) in [5, 5.41) is 10.1. The van der Waals surface area contributed by atoms with Crippen molar-refractivity contribution in [3.63, 3.8) is 0 Å². The molecular weight excluding hydrogens is 190 g/mol. The van der Waals surface area contributed by atoms with Crippen molar-refractivity contribution in [2.45, 2.75) is 19.4 Å². The number of hydrogen-bond acceptors (Lipinski definition) is 3. The van der Waals surface area contributed by atoms with E-state index in [1.165, 1.54) is 13.3 Å². The summed E-state index contributed by atoms with van der Waals surface area (Å²) in [4.78, 5) is 4.02. The molecule has 1 heterocycles. The number of nitrogens with zero attached hydrogens (tertiary/aromatic N) is 1. The van der Waals surface area contributed by atoms with Gasteiger partial charge in [-0.3, -0.25) is 4.98 Å². The van der Waals surface area contributed by atoms with Crippen molar-refractivity contribution in [1.29, 1.82) is 0 Å². The van der Waals surface area contributed by atoms with Crippen LogP contribution in [0.4, 0.5) is 0 Å². The second kappa shape index (κ2) is 3.52. The monoisotopic (exact) mass is 201 g/mol. The Morgan fingerprint density at radius 1 is 1.54 bits per heavy atom. The van der Waals surface area contributed by atoms with Crippen LogP contribution in [-0.2, 0) is 5.60 Å². The molecule has 0 unspecified atom stereocenters. The summed E-state index contributed by atoms with van der Waals surface area (Å²) >= 11 is 5.86. The largest absolute Gasteiger partial charge is 0.494 e. The van der Waals surface area contributed by atoms with Crippen LogP contribution in [0, 0.1) is 0 Å². The van der Waals surface area contributed by atoms with Gasteiger partial charge in [-0.15, -0.1) is 0 Å². The predicted molar refractivity (Wildman–Crippen MR) is 51.0 cm³/mol. The fourth-order valence-electron chi connectivity index (χ4n) is 0.903. The van der Waals surface area contributed by atoms with Gasteiger partial charge in [0.15, 0.2) is 5.75 Å². The van der Waals surface area contributed by atoms with Gasteiger partial charge < -0.3 is 9.84 Å². The Kier molecular flexibility index (Phi) is 2.78. The highest BCUT2D eigenvalue weighted by Crippen LogP contribution is 2.27. The fourth-order valence-corrected chi connectivity index (χ4v) is 1.13. The number of methoxy groups -OCH3 is 1. The minimum absolute atomic E-state index is 0.453. The fraction of sp³-hybridized carbons (Fsp3) is 0.444. The Labute approximate surface area is 82.3 Å². The van der Waals surface area contributed by atoms with E-state index in [9.17, 15) is 5.11 Å². The second-order valence-corrected chi connectivity index (χ2v) is 3.67. The van der Waals surface area contributed by atoms with Gasteiger partial charge in [-0.2, -0.15) is 0 Å². The molecule has 0 saturated heterocycles. The maximum absolute atomic E-state index is 9.62. The van der Waals surface area contributed by atoms with E-state index < -0.39 is 5.60 Å². The minimum Gasteiger partial charge on any atom is -0.494 e. The Morgan fingerprint density at radius 2 is 2.15 bits per heavy atom. The number of ether oxygens (including phenoxy) is 1. The zero-order valence-corrected chi connectivity index (χ0v) is 8.59. The van der Waals surface area contributed by atoms with Crippen LogP contribution >= 0.6 is 11.6 Å². The van der Waals surface area contributed by atoms with E-state index in [1.807, 2.05) is 0 Å². The summed E-state index contributed by atoms with van der Waals surface area (Å²) in [6.07, 6.45) is 1.50. The van der Waals surface area contributed by atoms with Crippen LogP contribution in [0.1, 0.15) is 19.5 Å². The van der Waals surface area contributed by atoms with Gasteiger partial charge in [0, 0.05) is 0 Å². The van der Waals surface area contributed by atoms with Crippen molar-refractivity contribution in [3.8, 4) is 5.75 Å². The molecule has 0 saturated carbocycles. The molecule has 13 heavy (non-hydrogen) atoms. The smallest absolute Gasteiger partial charge is 0.155 e. The van der Waals surface area contributed by atoms with Gasteiger partial charge in [0.05, 0.1) is 24.0 Å². The molecule has 0 radical (unpaired) electrons. The molecular formula is C9H12ClNO2. The molecule has 0 aliphatic rings. The molecule has 0 bridgehead atoms. The summed E-state index contributed by atoms with van der Waals surface area (Å²) in [7, 11) is 1.52. The highest BCUT2D eigenvalue weighted by atomic mass is 35.5. The zero-order chi connectivity index (χ0) is 10.1. The maximum Gasteiger partial charge on any atom is 0.155 e. The maximum atomic E-state index is 9.62. The van der Waals surface area contributed by atoms with Crippen LogP contribution in [0.3, 0.4) is 0 Å². The van der Waals surface area contributed by atoms with E-state index in [0.29, 0.717) is 16.5 Å². The zero-order valence-electron chi connectivity index (χ0n) is 7.84. The van der Waals surface area contributed by atoms with Gasteiger partial charge in [0.1, 0.15) is 5.60 Å². The highest BCUT2D eigenvalue weighted by Gasteiger charge is 2.18. The van der Waals surface area contributed by atoms with Gasteiger partial charge in [0.25, 0.3) is 0 Å². The number of rotatable bonds is 2. The molecule has 4 heteroatoms.